The van der Waals surface area contributed by atoms with Gasteiger partial charge in [-0.15, -0.1) is 0 Å². The van der Waals surface area contributed by atoms with Crippen LogP contribution < -0.4 is 0 Å². The summed E-state index contributed by atoms with van der Waals surface area (Å²) in [5.41, 5.74) is 0. The first-order valence-corrected chi connectivity index (χ1v) is 11.9. The summed E-state index contributed by atoms with van der Waals surface area (Å²) in [5, 5.41) is 0. The summed E-state index contributed by atoms with van der Waals surface area (Å²) in [6.45, 7) is 9.12. The second-order valence-corrected chi connectivity index (χ2v) is 5.05. The van der Waals surface area contributed by atoms with Crippen molar-refractivity contribution in [2.75, 3.05) is 32.1 Å². The maximum atomic E-state index is 8.21. The fourth-order valence-corrected chi connectivity index (χ4v) is 1.04. The standard InChI is InChI=1S/C2H8BO2P2.C2H6B.3CH5OP.3CH4/c4-6-1-3-2-7-5;4*1-3-2;;;/h4-7H,1-2H2;1-2H3;3*2-3H,1H3;3*1H4. The van der Waals surface area contributed by atoms with Crippen LogP contribution in [0.4, 0.5) is 0 Å². The van der Waals surface area contributed by atoms with Crippen molar-refractivity contribution in [1.82, 2.24) is 0 Å². The average molecular weight is 418 g/mol. The van der Waals surface area contributed by atoms with E-state index in [0.717, 1.165) is 12.1 Å². The van der Waals surface area contributed by atoms with Gasteiger partial charge < -0.3 is 24.5 Å². The molecule has 0 aromatic heterocycles. The molecule has 5 nitrogen and oxygen atoms in total. The van der Waals surface area contributed by atoms with Crippen molar-refractivity contribution in [1.29, 1.82) is 0 Å². The first-order valence-electron chi connectivity index (χ1n) is 5.30. The van der Waals surface area contributed by atoms with E-state index >= 15 is 0 Å². The van der Waals surface area contributed by atoms with Crippen LogP contribution in [0, 0.1) is 0 Å². The number of rotatable bonds is 4. The Kier molecular flexibility index (Phi) is 207. The molecular weight excluding hydrogens is 377 g/mol. The molecule has 5 atom stereocenters. The molecule has 2 radical (unpaired) electrons. The molecule has 0 aliphatic heterocycles. The van der Waals surface area contributed by atoms with Crippen LogP contribution in [0.25, 0.3) is 0 Å². The molecule has 0 aromatic carbocycles. The molecule has 5 N–H and O–H groups in total. The van der Waals surface area contributed by atoms with Crippen molar-refractivity contribution < 1.29 is 24.5 Å². The Bertz CT molecular complexity index is 84.7. The lowest BCUT2D eigenvalue weighted by molar-refractivity contribution is 0.648. The molecule has 0 rings (SSSR count). The zero-order valence-corrected chi connectivity index (χ0v) is 17.3. The van der Waals surface area contributed by atoms with Gasteiger partial charge in [-0.2, -0.15) is 0 Å². The first-order chi connectivity index (χ1) is 9.07. The first kappa shape index (κ1) is 49.6. The van der Waals surface area contributed by atoms with Crippen LogP contribution in [-0.4, -0.2) is 71.1 Å². The Hall–Kier alpha value is 2.08. The van der Waals surface area contributed by atoms with Crippen LogP contribution in [0.1, 0.15) is 22.3 Å². The van der Waals surface area contributed by atoms with Crippen molar-refractivity contribution in [3.8, 4) is 0 Å². The summed E-state index contributed by atoms with van der Waals surface area (Å²) in [5.74, 6) is 0. The molecule has 0 aromatic rings. The van der Waals surface area contributed by atoms with Crippen molar-refractivity contribution in [3.63, 3.8) is 0 Å². The Labute approximate surface area is 151 Å². The Morgan fingerprint density at radius 2 is 0.773 bits per heavy atom. The fourth-order valence-electron chi connectivity index (χ4n) is 0.201. The summed E-state index contributed by atoms with van der Waals surface area (Å²) < 4.78 is 0. The predicted molar refractivity (Wildman–Crippen MR) is 124 cm³/mol. The van der Waals surface area contributed by atoms with E-state index in [-0.39, 0.29) is 66.3 Å². The van der Waals surface area contributed by atoms with Crippen LogP contribution in [0.15, 0.2) is 0 Å². The summed E-state index contributed by atoms with van der Waals surface area (Å²) in [6.07, 6.45) is 0. The highest BCUT2D eigenvalue weighted by molar-refractivity contribution is 7.37. The Balaban J connectivity index is -0.0000000192. The minimum absolute atomic E-state index is 0. The minimum Gasteiger partial charge on any atom is -0.378 e. The van der Waals surface area contributed by atoms with Crippen LogP contribution in [0.2, 0.25) is 13.6 Å². The molecular formula is C10H41B2O5P5. The maximum Gasteiger partial charge on any atom is 0.126 e. The largest absolute Gasteiger partial charge is 0.378 e. The lowest BCUT2D eigenvalue weighted by atomic mass is 9.86. The summed E-state index contributed by atoms with van der Waals surface area (Å²) >= 11 is 0. The zero-order valence-electron chi connectivity index (χ0n) is 12.3. The second kappa shape index (κ2) is 91.7. The van der Waals surface area contributed by atoms with Crippen molar-refractivity contribution in [3.05, 3.63) is 0 Å². The van der Waals surface area contributed by atoms with E-state index in [1.54, 1.807) is 20.0 Å². The molecule has 0 saturated heterocycles. The zero-order chi connectivity index (χ0) is 16.4. The third-order valence-corrected chi connectivity index (χ3v) is 1.41. The normalized spacial score (nSPS) is 8.64. The van der Waals surface area contributed by atoms with Gasteiger partial charge in [0.2, 0.25) is 0 Å². The van der Waals surface area contributed by atoms with Gasteiger partial charge in [0.1, 0.15) is 14.6 Å². The maximum absolute atomic E-state index is 8.21. The fraction of sp³-hybridized carbons (Fsp3) is 1.00. The lowest BCUT2D eigenvalue weighted by Gasteiger charge is -1.87. The molecule has 5 unspecified atom stereocenters. The van der Waals surface area contributed by atoms with Crippen LogP contribution in [0.3, 0.4) is 0 Å². The van der Waals surface area contributed by atoms with Crippen LogP contribution in [-0.2, 0) is 0 Å². The van der Waals surface area contributed by atoms with Gasteiger partial charge in [-0.3, -0.25) is 0 Å². The molecule has 0 aliphatic carbocycles. The molecule has 12 heteroatoms. The highest BCUT2D eigenvalue weighted by Gasteiger charge is 1.85. The molecule has 0 spiro atoms. The van der Waals surface area contributed by atoms with Gasteiger partial charge in [-0.25, -0.2) is 0 Å². The molecule has 0 fully saturated rings. The van der Waals surface area contributed by atoms with Gasteiger partial charge in [0.05, 0.1) is 0 Å². The van der Waals surface area contributed by atoms with E-state index in [0.29, 0.717) is 0 Å². The summed E-state index contributed by atoms with van der Waals surface area (Å²) in [6, 6.07) is 1.46. The molecule has 0 amide bonds. The SMILES string of the molecule is C.C.C.CPO.CPO.CPO.C[B]C.OPC[B]CPO. The minimum atomic E-state index is 0. The van der Waals surface area contributed by atoms with Crippen molar-refractivity contribution in [2.45, 2.75) is 35.9 Å². The quantitative estimate of drug-likeness (QED) is 0.275. The molecule has 22 heavy (non-hydrogen) atoms. The average Bonchev–Trinajstić information content (AvgIpc) is 2.34. The van der Waals surface area contributed by atoms with Crippen LogP contribution >= 0.6 is 44.0 Å². The highest BCUT2D eigenvalue weighted by atomic mass is 31.1. The molecule has 142 valence electrons. The smallest absolute Gasteiger partial charge is 0.126 e. The summed E-state index contributed by atoms with van der Waals surface area (Å²) in [4.78, 5) is 39.2. The molecule has 0 saturated carbocycles. The van der Waals surface area contributed by atoms with E-state index in [4.69, 9.17) is 24.5 Å². The third kappa shape index (κ3) is 265. The van der Waals surface area contributed by atoms with Gasteiger partial charge in [-0.1, -0.05) is 35.9 Å². The van der Waals surface area contributed by atoms with E-state index in [9.17, 15) is 0 Å². The monoisotopic (exact) mass is 418 g/mol. The second-order valence-electron chi connectivity index (χ2n) is 2.26. The molecule has 0 bridgehead atoms. The van der Waals surface area contributed by atoms with E-state index in [1.165, 1.54) is 0 Å². The Morgan fingerprint density at radius 3 is 0.864 bits per heavy atom. The highest BCUT2D eigenvalue weighted by Crippen LogP contribution is 2.02. The van der Waals surface area contributed by atoms with E-state index in [2.05, 4.69) is 0 Å². The van der Waals surface area contributed by atoms with Crippen molar-refractivity contribution in [2.24, 2.45) is 0 Å². The van der Waals surface area contributed by atoms with Gasteiger partial charge in [0, 0.05) is 44.0 Å². The molecule has 0 aliphatic rings. The topological polar surface area (TPSA) is 101 Å². The molecule has 0 heterocycles. The van der Waals surface area contributed by atoms with E-state index < -0.39 is 0 Å². The van der Waals surface area contributed by atoms with E-state index in [1.807, 2.05) is 28.2 Å². The Morgan fingerprint density at radius 1 is 0.636 bits per heavy atom. The van der Waals surface area contributed by atoms with Gasteiger partial charge in [0.25, 0.3) is 0 Å². The van der Waals surface area contributed by atoms with Crippen molar-refractivity contribution >= 4 is 58.6 Å². The van der Waals surface area contributed by atoms with Crippen LogP contribution in [0.5, 0.6) is 0 Å². The lowest BCUT2D eigenvalue weighted by Crippen LogP contribution is -1.94. The van der Waals surface area contributed by atoms with Gasteiger partial charge >= 0.3 is 0 Å². The third-order valence-electron chi connectivity index (χ3n) is 0.471. The van der Waals surface area contributed by atoms with Gasteiger partial charge in [-0.05, 0) is 32.1 Å². The number of hydrogen-bond acceptors (Lipinski definition) is 5. The summed E-state index contributed by atoms with van der Waals surface area (Å²) in [7, 11) is 4.15. The predicted octanol–water partition coefficient (Wildman–Crippen LogP) is 3.08. The van der Waals surface area contributed by atoms with Gasteiger partial charge in [0.15, 0.2) is 0 Å². The number of hydrogen-bond donors (Lipinski definition) is 5.